The van der Waals surface area contributed by atoms with Gasteiger partial charge in [-0.05, 0) is 25.6 Å². The van der Waals surface area contributed by atoms with Crippen LogP contribution in [0, 0.1) is 6.92 Å². The fourth-order valence-corrected chi connectivity index (χ4v) is 3.61. The zero-order chi connectivity index (χ0) is 15.5. The van der Waals surface area contributed by atoms with E-state index in [1.807, 2.05) is 6.92 Å². The smallest absolute Gasteiger partial charge is 0.265 e. The number of H-pyrrole nitrogens is 1. The monoisotopic (exact) mass is 328 g/mol. The predicted molar refractivity (Wildman–Crippen MR) is 83.0 cm³/mol. The first kappa shape index (κ1) is 15.8. The highest BCUT2D eigenvalue weighted by atomic mass is 35.5. The third kappa shape index (κ3) is 3.55. The van der Waals surface area contributed by atoms with Gasteiger partial charge in [-0.2, -0.15) is 5.10 Å². The second-order valence-electron chi connectivity index (χ2n) is 4.49. The minimum Gasteiger partial charge on any atom is -0.311 e. The summed E-state index contributed by atoms with van der Waals surface area (Å²) in [5, 5.41) is 10.2. The van der Waals surface area contributed by atoms with Gasteiger partial charge in [0.05, 0.1) is 22.1 Å². The Morgan fingerprint density at radius 2 is 2.05 bits per heavy atom. The van der Waals surface area contributed by atoms with Crippen LogP contribution in [0.15, 0.2) is 29.2 Å². The topological polar surface area (TPSA) is 86.9 Å². The number of aryl methyl sites for hydroxylation is 1. The molecule has 1 heterocycles. The molecule has 1 aromatic carbocycles. The Balaban J connectivity index is 2.36. The normalized spacial score (nSPS) is 11.6. The molecular weight excluding hydrogens is 312 g/mol. The Labute approximate surface area is 129 Å². The van der Waals surface area contributed by atoms with Crippen molar-refractivity contribution >= 4 is 27.3 Å². The number of sulfonamides is 1. The molecule has 0 radical (unpaired) electrons. The maximum atomic E-state index is 12.6. The zero-order valence-electron chi connectivity index (χ0n) is 11.8. The molecule has 0 bridgehead atoms. The average molecular weight is 329 g/mol. The van der Waals surface area contributed by atoms with Gasteiger partial charge in [0.25, 0.3) is 10.0 Å². The molecule has 21 heavy (non-hydrogen) atoms. The van der Waals surface area contributed by atoms with Crippen LogP contribution in [0.4, 0.5) is 5.69 Å². The number of aromatic amines is 1. The molecule has 0 atom stereocenters. The first-order chi connectivity index (χ1) is 9.95. The molecule has 0 aliphatic carbocycles. The van der Waals surface area contributed by atoms with Gasteiger partial charge in [-0.15, -0.1) is 0 Å². The third-order valence-corrected chi connectivity index (χ3v) is 4.79. The van der Waals surface area contributed by atoms with Crippen molar-refractivity contribution in [3.63, 3.8) is 0 Å². The summed E-state index contributed by atoms with van der Waals surface area (Å²) >= 11 is 5.99. The van der Waals surface area contributed by atoms with Crippen LogP contribution in [-0.4, -0.2) is 25.2 Å². The Hall–Kier alpha value is -1.57. The molecule has 0 amide bonds. The van der Waals surface area contributed by atoms with Crippen molar-refractivity contribution in [2.24, 2.45) is 0 Å². The molecule has 0 saturated carbocycles. The van der Waals surface area contributed by atoms with E-state index in [1.54, 1.807) is 31.2 Å². The molecule has 0 saturated heterocycles. The van der Waals surface area contributed by atoms with Crippen LogP contribution in [0.3, 0.4) is 0 Å². The fourth-order valence-electron chi connectivity index (χ4n) is 1.93. The maximum absolute atomic E-state index is 12.6. The highest BCUT2D eigenvalue weighted by molar-refractivity contribution is 7.92. The summed E-state index contributed by atoms with van der Waals surface area (Å²) < 4.78 is 27.6. The van der Waals surface area contributed by atoms with Gasteiger partial charge in [0, 0.05) is 6.54 Å². The van der Waals surface area contributed by atoms with Crippen LogP contribution < -0.4 is 10.0 Å². The molecule has 0 aliphatic heterocycles. The highest BCUT2D eigenvalue weighted by Gasteiger charge is 2.24. The van der Waals surface area contributed by atoms with E-state index in [4.69, 9.17) is 11.6 Å². The number of para-hydroxylation sites is 1. The SMILES string of the molecule is CCNCc1n[nH]c(C)c1S(=O)(=O)Nc1ccccc1Cl. The van der Waals surface area contributed by atoms with Gasteiger partial charge in [-0.1, -0.05) is 30.7 Å². The van der Waals surface area contributed by atoms with Crippen molar-refractivity contribution in [2.45, 2.75) is 25.3 Å². The minimum atomic E-state index is -3.75. The maximum Gasteiger partial charge on any atom is 0.265 e. The lowest BCUT2D eigenvalue weighted by atomic mass is 10.3. The second-order valence-corrected chi connectivity index (χ2v) is 6.52. The van der Waals surface area contributed by atoms with E-state index >= 15 is 0 Å². The van der Waals surface area contributed by atoms with Gasteiger partial charge >= 0.3 is 0 Å². The molecule has 0 unspecified atom stereocenters. The van der Waals surface area contributed by atoms with E-state index in [-0.39, 0.29) is 4.90 Å². The van der Waals surface area contributed by atoms with Crippen LogP contribution >= 0.6 is 11.6 Å². The van der Waals surface area contributed by atoms with Gasteiger partial charge in [0.2, 0.25) is 0 Å². The molecule has 1 aromatic heterocycles. The molecule has 114 valence electrons. The summed E-state index contributed by atoms with van der Waals surface area (Å²) in [6.07, 6.45) is 0. The number of aromatic nitrogens is 2. The molecule has 2 rings (SSSR count). The van der Waals surface area contributed by atoms with Crippen molar-refractivity contribution in [3.8, 4) is 0 Å². The highest BCUT2D eigenvalue weighted by Crippen LogP contribution is 2.26. The van der Waals surface area contributed by atoms with E-state index in [9.17, 15) is 8.42 Å². The van der Waals surface area contributed by atoms with E-state index in [0.29, 0.717) is 28.6 Å². The van der Waals surface area contributed by atoms with E-state index in [2.05, 4.69) is 20.2 Å². The number of rotatable bonds is 6. The van der Waals surface area contributed by atoms with Gasteiger partial charge < -0.3 is 5.32 Å². The first-order valence-corrected chi connectivity index (χ1v) is 8.33. The molecule has 0 aliphatic rings. The molecule has 0 fully saturated rings. The number of nitrogens with one attached hydrogen (secondary N) is 3. The summed E-state index contributed by atoms with van der Waals surface area (Å²) in [6.45, 7) is 4.71. The first-order valence-electron chi connectivity index (χ1n) is 6.47. The zero-order valence-corrected chi connectivity index (χ0v) is 13.3. The van der Waals surface area contributed by atoms with Crippen LogP contribution in [0.5, 0.6) is 0 Å². The van der Waals surface area contributed by atoms with Gasteiger partial charge in [0.1, 0.15) is 4.90 Å². The van der Waals surface area contributed by atoms with Crippen LogP contribution in [0.1, 0.15) is 18.3 Å². The second kappa shape index (κ2) is 6.46. The molecule has 3 N–H and O–H groups in total. The van der Waals surface area contributed by atoms with E-state index < -0.39 is 10.0 Å². The largest absolute Gasteiger partial charge is 0.311 e. The summed E-state index contributed by atoms with van der Waals surface area (Å²) in [4.78, 5) is 0.156. The number of anilines is 1. The molecule has 0 spiro atoms. The quantitative estimate of drug-likeness (QED) is 0.759. The van der Waals surface area contributed by atoms with Gasteiger partial charge in [-0.25, -0.2) is 8.42 Å². The summed E-state index contributed by atoms with van der Waals surface area (Å²) in [7, 11) is -3.75. The molecule has 8 heteroatoms. The lowest BCUT2D eigenvalue weighted by Crippen LogP contribution is -2.19. The average Bonchev–Trinajstić information content (AvgIpc) is 2.81. The summed E-state index contributed by atoms with van der Waals surface area (Å²) in [6, 6.07) is 6.69. The van der Waals surface area contributed by atoms with Gasteiger partial charge in [-0.3, -0.25) is 9.82 Å². The number of benzene rings is 1. The molecular formula is C13H17ClN4O2S. The van der Waals surface area contributed by atoms with Gasteiger partial charge in [0.15, 0.2) is 0 Å². The number of hydrogen-bond donors (Lipinski definition) is 3. The Kier molecular flexibility index (Phi) is 4.87. The summed E-state index contributed by atoms with van der Waals surface area (Å²) in [5.74, 6) is 0. The summed E-state index contributed by atoms with van der Waals surface area (Å²) in [5.41, 5.74) is 1.28. The van der Waals surface area contributed by atoms with Crippen LogP contribution in [0.2, 0.25) is 5.02 Å². The Bertz CT molecular complexity index is 728. The molecule has 2 aromatic rings. The number of hydrogen-bond acceptors (Lipinski definition) is 4. The van der Waals surface area contributed by atoms with Crippen molar-refractivity contribution in [1.82, 2.24) is 15.5 Å². The number of halogens is 1. The fraction of sp³-hybridized carbons (Fsp3) is 0.308. The Morgan fingerprint density at radius 3 is 2.71 bits per heavy atom. The van der Waals surface area contributed by atoms with Crippen molar-refractivity contribution in [1.29, 1.82) is 0 Å². The van der Waals surface area contributed by atoms with Crippen LogP contribution in [0.25, 0.3) is 0 Å². The van der Waals surface area contributed by atoms with Crippen LogP contribution in [-0.2, 0) is 16.6 Å². The predicted octanol–water partition coefficient (Wildman–Crippen LogP) is 2.28. The lowest BCUT2D eigenvalue weighted by Gasteiger charge is -2.10. The third-order valence-electron chi connectivity index (χ3n) is 2.89. The van der Waals surface area contributed by atoms with E-state index in [0.717, 1.165) is 6.54 Å². The van der Waals surface area contributed by atoms with Crippen molar-refractivity contribution < 1.29 is 8.42 Å². The standard InChI is InChI=1S/C13H17ClN4O2S/c1-3-15-8-12-13(9(2)16-17-12)21(19,20)18-11-7-5-4-6-10(11)14/h4-7,15,18H,3,8H2,1-2H3,(H,16,17). The number of nitrogens with zero attached hydrogens (tertiary/aromatic N) is 1. The minimum absolute atomic E-state index is 0.156. The molecule has 6 nitrogen and oxygen atoms in total. The van der Waals surface area contributed by atoms with Crippen molar-refractivity contribution in [2.75, 3.05) is 11.3 Å². The Morgan fingerprint density at radius 1 is 1.33 bits per heavy atom. The van der Waals surface area contributed by atoms with E-state index in [1.165, 1.54) is 0 Å². The van der Waals surface area contributed by atoms with Crippen molar-refractivity contribution in [3.05, 3.63) is 40.7 Å². The lowest BCUT2D eigenvalue weighted by molar-refractivity contribution is 0.597.